The molecule has 0 aliphatic heterocycles. The fourth-order valence-corrected chi connectivity index (χ4v) is 3.82. The van der Waals surface area contributed by atoms with Crippen LogP contribution in [0.25, 0.3) is 0 Å². The quantitative estimate of drug-likeness (QED) is 0.141. The summed E-state index contributed by atoms with van der Waals surface area (Å²) in [5.74, 6) is -2.34. The minimum Gasteiger partial charge on any atom is -0.435 e. The molecule has 0 atom stereocenters. The number of ether oxygens (including phenoxy) is 1. The Labute approximate surface area is 209 Å². The topological polar surface area (TPSA) is 115 Å². The number of carbonyl (C=O) groups is 2. The number of rotatable bonds is 9. The molecule has 1 aliphatic carbocycles. The monoisotopic (exact) mass is 513 g/mol. The van der Waals surface area contributed by atoms with Crippen molar-refractivity contribution >= 4 is 41.2 Å². The lowest BCUT2D eigenvalue weighted by Crippen LogP contribution is -2.35. The van der Waals surface area contributed by atoms with E-state index >= 15 is 0 Å². The van der Waals surface area contributed by atoms with Gasteiger partial charge in [-0.25, -0.2) is 18.7 Å². The van der Waals surface area contributed by atoms with Crippen LogP contribution in [0.3, 0.4) is 0 Å². The Morgan fingerprint density at radius 1 is 1.06 bits per heavy atom. The number of halogens is 2. The normalized spacial score (nSPS) is 13.8. The lowest BCUT2D eigenvalue weighted by molar-refractivity contribution is -0.131. The molecule has 186 valence electrons. The predicted molar refractivity (Wildman–Crippen MR) is 130 cm³/mol. The Morgan fingerprint density at radius 2 is 1.72 bits per heavy atom. The molecule has 0 bridgehead atoms. The van der Waals surface area contributed by atoms with Gasteiger partial charge in [0.15, 0.2) is 11.6 Å². The first-order chi connectivity index (χ1) is 17.4. The van der Waals surface area contributed by atoms with E-state index in [1.54, 1.807) is 6.26 Å². The van der Waals surface area contributed by atoms with Crippen LogP contribution in [0.15, 0.2) is 59.0 Å². The number of hydrogen-bond acceptors (Lipinski definition) is 8. The standard InChI is InChI=1S/C24H21F2N5O4S/c1-34-29-12-17-20(27-13-28-21(17)36-2)35-19-8-7-16(11-18(19)26)31-23(33)24(9-10-24)22(32)30-15-5-3-14(25)4-6-15/h3-8,11-13H,9-10H2,1-2H3,(H,30,32)(H,31,33)/b29-12+. The van der Waals surface area contributed by atoms with Gasteiger partial charge in [-0.1, -0.05) is 5.16 Å². The largest absolute Gasteiger partial charge is 0.435 e. The highest BCUT2D eigenvalue weighted by atomic mass is 32.2. The van der Waals surface area contributed by atoms with E-state index in [2.05, 4.69) is 25.8 Å². The van der Waals surface area contributed by atoms with Crippen molar-refractivity contribution in [3.63, 3.8) is 0 Å². The van der Waals surface area contributed by atoms with Crippen molar-refractivity contribution < 1.29 is 27.9 Å². The highest BCUT2D eigenvalue weighted by Gasteiger charge is 2.56. The van der Waals surface area contributed by atoms with Gasteiger partial charge in [0.1, 0.15) is 29.7 Å². The first-order valence-electron chi connectivity index (χ1n) is 10.7. The smallest absolute Gasteiger partial charge is 0.240 e. The second-order valence-electron chi connectivity index (χ2n) is 7.76. The van der Waals surface area contributed by atoms with Crippen molar-refractivity contribution in [3.05, 3.63) is 66.0 Å². The van der Waals surface area contributed by atoms with Crippen LogP contribution >= 0.6 is 11.8 Å². The van der Waals surface area contributed by atoms with Gasteiger partial charge in [-0.2, -0.15) is 0 Å². The number of benzene rings is 2. The summed E-state index contributed by atoms with van der Waals surface area (Å²) in [7, 11) is 1.38. The number of oxime groups is 1. The molecule has 0 spiro atoms. The van der Waals surface area contributed by atoms with Crippen LogP contribution in [0.4, 0.5) is 20.2 Å². The third-order valence-electron chi connectivity index (χ3n) is 5.41. The number of nitrogens with zero attached hydrogens (tertiary/aromatic N) is 3. The van der Waals surface area contributed by atoms with Crippen LogP contribution in [-0.4, -0.2) is 41.4 Å². The van der Waals surface area contributed by atoms with E-state index in [9.17, 15) is 18.4 Å². The van der Waals surface area contributed by atoms with Gasteiger partial charge in [0, 0.05) is 17.4 Å². The summed E-state index contributed by atoms with van der Waals surface area (Å²) in [6, 6.07) is 9.09. The molecule has 2 aromatic carbocycles. The second-order valence-corrected chi connectivity index (χ2v) is 8.56. The Kier molecular flexibility index (Phi) is 7.44. The highest BCUT2D eigenvalue weighted by Crippen LogP contribution is 2.47. The maximum atomic E-state index is 14.9. The minimum absolute atomic E-state index is 0.0697. The van der Waals surface area contributed by atoms with E-state index < -0.39 is 28.9 Å². The number of hydrogen-bond donors (Lipinski definition) is 2. The van der Waals surface area contributed by atoms with Gasteiger partial charge in [0.2, 0.25) is 17.7 Å². The molecule has 1 fully saturated rings. The van der Waals surface area contributed by atoms with E-state index in [-0.39, 0.29) is 17.3 Å². The number of anilines is 2. The maximum absolute atomic E-state index is 14.9. The van der Waals surface area contributed by atoms with Gasteiger partial charge in [-0.15, -0.1) is 11.8 Å². The van der Waals surface area contributed by atoms with E-state index in [0.29, 0.717) is 29.1 Å². The SMILES string of the molecule is CO/N=C/c1c(Oc2ccc(NC(=O)C3(C(=O)Nc4ccc(F)cc4)CC3)cc2F)ncnc1SC. The summed E-state index contributed by atoms with van der Waals surface area (Å²) in [6.07, 6.45) is 5.13. The molecule has 9 nitrogen and oxygen atoms in total. The van der Waals surface area contributed by atoms with Crippen molar-refractivity contribution in [2.24, 2.45) is 10.6 Å². The molecule has 3 aromatic rings. The number of aromatic nitrogens is 2. The average molecular weight is 514 g/mol. The lowest BCUT2D eigenvalue weighted by Gasteiger charge is -2.16. The van der Waals surface area contributed by atoms with Gasteiger partial charge in [-0.05, 0) is 55.5 Å². The van der Waals surface area contributed by atoms with Crippen LogP contribution in [-0.2, 0) is 14.4 Å². The first-order valence-corrected chi connectivity index (χ1v) is 11.9. The fraction of sp³-hybridized carbons (Fsp3) is 0.208. The molecule has 1 aliphatic rings. The van der Waals surface area contributed by atoms with E-state index in [1.807, 2.05) is 0 Å². The predicted octanol–water partition coefficient (Wildman–Crippen LogP) is 4.61. The lowest BCUT2D eigenvalue weighted by atomic mass is 10.0. The van der Waals surface area contributed by atoms with Gasteiger partial charge in [-0.3, -0.25) is 9.59 Å². The molecule has 2 amide bonds. The summed E-state index contributed by atoms with van der Waals surface area (Å²) in [6.45, 7) is 0. The summed E-state index contributed by atoms with van der Waals surface area (Å²) in [5, 5.41) is 9.47. The Hall–Kier alpha value is -4.06. The molecule has 1 heterocycles. The number of amides is 2. The zero-order chi connectivity index (χ0) is 25.7. The summed E-state index contributed by atoms with van der Waals surface area (Å²) in [4.78, 5) is 38.4. The molecule has 0 radical (unpaired) electrons. The van der Waals surface area contributed by atoms with E-state index in [1.165, 1.54) is 67.8 Å². The van der Waals surface area contributed by atoms with E-state index in [4.69, 9.17) is 9.57 Å². The first kappa shape index (κ1) is 25.0. The van der Waals surface area contributed by atoms with Gasteiger partial charge in [0.25, 0.3) is 0 Å². The molecule has 36 heavy (non-hydrogen) atoms. The summed E-state index contributed by atoms with van der Waals surface area (Å²) in [5.41, 5.74) is -0.340. The van der Waals surface area contributed by atoms with Crippen LogP contribution in [0, 0.1) is 17.0 Å². The molecule has 1 aromatic heterocycles. The fourth-order valence-electron chi connectivity index (χ4n) is 3.31. The zero-order valence-electron chi connectivity index (χ0n) is 19.2. The van der Waals surface area contributed by atoms with Gasteiger partial charge in [0.05, 0.1) is 11.8 Å². The summed E-state index contributed by atoms with van der Waals surface area (Å²) < 4.78 is 33.6. The van der Waals surface area contributed by atoms with Crippen molar-refractivity contribution in [3.8, 4) is 11.6 Å². The van der Waals surface area contributed by atoms with Crippen molar-refractivity contribution in [1.82, 2.24) is 9.97 Å². The number of nitrogens with one attached hydrogen (secondary N) is 2. The number of thioether (sulfide) groups is 1. The Morgan fingerprint density at radius 3 is 2.33 bits per heavy atom. The third-order valence-corrected chi connectivity index (χ3v) is 6.12. The molecule has 0 saturated heterocycles. The molecular formula is C24H21F2N5O4S. The Bertz CT molecular complexity index is 1320. The highest BCUT2D eigenvalue weighted by molar-refractivity contribution is 7.98. The van der Waals surface area contributed by atoms with Crippen molar-refractivity contribution in [2.45, 2.75) is 17.9 Å². The van der Waals surface area contributed by atoms with E-state index in [0.717, 1.165) is 6.07 Å². The second kappa shape index (κ2) is 10.7. The van der Waals surface area contributed by atoms with Crippen LogP contribution in [0.1, 0.15) is 18.4 Å². The summed E-state index contributed by atoms with van der Waals surface area (Å²) >= 11 is 1.33. The zero-order valence-corrected chi connectivity index (χ0v) is 20.1. The van der Waals surface area contributed by atoms with Crippen LogP contribution < -0.4 is 15.4 Å². The van der Waals surface area contributed by atoms with Crippen LogP contribution in [0.5, 0.6) is 11.6 Å². The molecular weight excluding hydrogens is 492 g/mol. The van der Waals surface area contributed by atoms with Crippen molar-refractivity contribution in [2.75, 3.05) is 24.0 Å². The molecule has 2 N–H and O–H groups in total. The molecule has 0 unspecified atom stereocenters. The minimum atomic E-state index is -1.27. The van der Waals surface area contributed by atoms with Gasteiger partial charge < -0.3 is 20.2 Å². The molecule has 12 heteroatoms. The average Bonchev–Trinajstić information content (AvgIpc) is 3.68. The van der Waals surface area contributed by atoms with Gasteiger partial charge >= 0.3 is 0 Å². The van der Waals surface area contributed by atoms with Crippen LogP contribution in [0.2, 0.25) is 0 Å². The number of carbonyl (C=O) groups excluding carboxylic acids is 2. The maximum Gasteiger partial charge on any atom is 0.240 e. The Balaban J connectivity index is 1.46. The third kappa shape index (κ3) is 5.43. The molecule has 4 rings (SSSR count). The molecule has 1 saturated carbocycles. The van der Waals surface area contributed by atoms with Crippen molar-refractivity contribution in [1.29, 1.82) is 0 Å².